The Morgan fingerprint density at radius 1 is 0.634 bits per heavy atom. The van der Waals surface area contributed by atoms with Crippen LogP contribution >= 0.6 is 0 Å². The van der Waals surface area contributed by atoms with E-state index in [1.165, 1.54) is 5.56 Å². The zero-order chi connectivity index (χ0) is 27.7. The maximum Gasteiger partial charge on any atom is 0.164 e. The van der Waals surface area contributed by atoms with E-state index < -0.39 is 0 Å². The molecule has 0 saturated carbocycles. The molecule has 8 heteroatoms. The molecule has 2 aromatic heterocycles. The molecule has 3 heterocycles. The van der Waals surface area contributed by atoms with E-state index in [1.54, 1.807) is 0 Å². The zero-order valence-electron chi connectivity index (χ0n) is 23.3. The van der Waals surface area contributed by atoms with Crippen molar-refractivity contribution in [3.8, 4) is 16.9 Å². The number of aromatic nitrogens is 3. The summed E-state index contributed by atoms with van der Waals surface area (Å²) < 4.78 is 24.7. The summed E-state index contributed by atoms with van der Waals surface area (Å²) in [5, 5.41) is 7.17. The summed E-state index contributed by atoms with van der Waals surface area (Å²) in [7, 11) is 0. The molecule has 0 spiro atoms. The summed E-state index contributed by atoms with van der Waals surface area (Å²) in [6.45, 7) is 7.22. The highest BCUT2D eigenvalue weighted by atomic mass is 16.6. The van der Waals surface area contributed by atoms with Gasteiger partial charge in [-0.1, -0.05) is 54.6 Å². The molecule has 1 aliphatic heterocycles. The van der Waals surface area contributed by atoms with Crippen LogP contribution in [0.2, 0.25) is 0 Å². The van der Waals surface area contributed by atoms with Crippen LogP contribution in [0, 0.1) is 0 Å². The van der Waals surface area contributed by atoms with E-state index in [0.29, 0.717) is 52.9 Å². The van der Waals surface area contributed by atoms with Crippen molar-refractivity contribution in [2.24, 2.45) is 0 Å². The van der Waals surface area contributed by atoms with Gasteiger partial charge in [-0.05, 0) is 35.9 Å². The number of rotatable bonds is 4. The van der Waals surface area contributed by atoms with Gasteiger partial charge in [0, 0.05) is 36.0 Å². The summed E-state index contributed by atoms with van der Waals surface area (Å²) in [6.07, 6.45) is 0. The molecule has 1 saturated heterocycles. The van der Waals surface area contributed by atoms with Crippen LogP contribution in [0.25, 0.3) is 38.9 Å². The average Bonchev–Trinajstić information content (AvgIpc) is 3.38. The Bertz CT molecular complexity index is 1530. The van der Waals surface area contributed by atoms with Crippen LogP contribution in [0.5, 0.6) is 0 Å². The first-order valence-electron chi connectivity index (χ1n) is 14.3. The van der Waals surface area contributed by atoms with Crippen molar-refractivity contribution in [3.05, 3.63) is 90.5 Å². The number of hydrogen-bond acceptors (Lipinski definition) is 7. The average molecular weight is 553 g/mol. The molecular weight excluding hydrogens is 516 g/mol. The second kappa shape index (κ2) is 13.8. The normalized spacial score (nSPS) is 16.9. The highest BCUT2D eigenvalue weighted by Crippen LogP contribution is 2.31. The molecular formula is C33H36N4O4. The molecule has 5 aromatic rings. The van der Waals surface area contributed by atoms with Crippen LogP contribution in [0.3, 0.4) is 0 Å². The van der Waals surface area contributed by atoms with Crippen molar-refractivity contribution in [2.45, 2.75) is 6.54 Å². The van der Waals surface area contributed by atoms with E-state index in [4.69, 9.17) is 29.0 Å². The Kier molecular flexibility index (Phi) is 9.26. The second-order valence-corrected chi connectivity index (χ2v) is 10.1. The van der Waals surface area contributed by atoms with Gasteiger partial charge < -0.3 is 18.9 Å². The predicted octanol–water partition coefficient (Wildman–Crippen LogP) is 5.12. The molecule has 41 heavy (non-hydrogen) atoms. The van der Waals surface area contributed by atoms with Gasteiger partial charge in [0.15, 0.2) is 5.65 Å². The van der Waals surface area contributed by atoms with Crippen molar-refractivity contribution in [2.75, 3.05) is 65.9 Å². The number of hydrogen-bond donors (Lipinski definition) is 0. The van der Waals surface area contributed by atoms with Gasteiger partial charge in [0.25, 0.3) is 0 Å². The molecule has 1 aliphatic rings. The van der Waals surface area contributed by atoms with E-state index in [0.717, 1.165) is 58.5 Å². The number of ether oxygens (including phenoxy) is 4. The first-order chi connectivity index (χ1) is 20.3. The Morgan fingerprint density at radius 2 is 1.24 bits per heavy atom. The molecule has 1 fully saturated rings. The van der Waals surface area contributed by atoms with E-state index in [2.05, 4.69) is 53.4 Å². The second-order valence-electron chi connectivity index (χ2n) is 10.1. The maximum atomic E-state index is 5.82. The number of fused-ring (bicyclic) bond motifs is 2. The van der Waals surface area contributed by atoms with Gasteiger partial charge in [0.05, 0.1) is 64.1 Å². The topological polar surface area (TPSA) is 70.9 Å². The van der Waals surface area contributed by atoms with Crippen LogP contribution in [0.15, 0.2) is 84.9 Å². The molecule has 212 valence electrons. The van der Waals surface area contributed by atoms with E-state index in [9.17, 15) is 0 Å². The summed E-state index contributed by atoms with van der Waals surface area (Å²) in [5.74, 6) is 0. The van der Waals surface area contributed by atoms with Crippen molar-refractivity contribution in [3.63, 3.8) is 0 Å². The SMILES string of the molecule is c1ccc(-c2nn(-c3ccccc3)c3nc4ccc(CN5CCOCCOCCOCCOCC5)cc4cc23)cc1. The molecule has 0 radical (unpaired) electrons. The van der Waals surface area contributed by atoms with Gasteiger partial charge in [-0.25, -0.2) is 9.67 Å². The largest absolute Gasteiger partial charge is 0.378 e. The molecule has 0 unspecified atom stereocenters. The lowest BCUT2D eigenvalue weighted by Crippen LogP contribution is -2.31. The Hall–Kier alpha value is -3.66. The molecule has 3 aromatic carbocycles. The van der Waals surface area contributed by atoms with Gasteiger partial charge >= 0.3 is 0 Å². The quantitative estimate of drug-likeness (QED) is 0.306. The molecule has 0 atom stereocenters. The monoisotopic (exact) mass is 552 g/mol. The first kappa shape index (κ1) is 27.5. The smallest absolute Gasteiger partial charge is 0.164 e. The number of benzene rings is 3. The van der Waals surface area contributed by atoms with Crippen molar-refractivity contribution in [1.29, 1.82) is 0 Å². The Morgan fingerprint density at radius 3 is 1.90 bits per heavy atom. The van der Waals surface area contributed by atoms with Crippen LogP contribution in [-0.2, 0) is 25.5 Å². The van der Waals surface area contributed by atoms with Crippen molar-refractivity contribution in [1.82, 2.24) is 19.7 Å². The fraction of sp³-hybridized carbons (Fsp3) is 0.333. The maximum absolute atomic E-state index is 5.82. The standard InChI is InChI=1S/C33H36N4O4/c1-3-7-27(8-4-1)32-30-24-28-23-26(11-12-31(28)34-33(30)37(35-32)29-9-5-2-6-10-29)25-36-13-15-38-17-19-40-21-22-41-20-18-39-16-14-36/h1-12,23-24H,13-22,25H2. The molecule has 0 N–H and O–H groups in total. The van der Waals surface area contributed by atoms with Crippen LogP contribution < -0.4 is 0 Å². The summed E-state index contributed by atoms with van der Waals surface area (Å²) >= 11 is 0. The van der Waals surface area contributed by atoms with E-state index in [-0.39, 0.29) is 0 Å². The summed E-state index contributed by atoms with van der Waals surface area (Å²) in [6, 6.07) is 29.3. The highest BCUT2D eigenvalue weighted by molar-refractivity contribution is 5.99. The van der Waals surface area contributed by atoms with Gasteiger partial charge in [0.1, 0.15) is 5.69 Å². The van der Waals surface area contributed by atoms with Crippen molar-refractivity contribution >= 4 is 21.9 Å². The van der Waals surface area contributed by atoms with Crippen molar-refractivity contribution < 1.29 is 18.9 Å². The Balaban J connectivity index is 1.28. The third kappa shape index (κ3) is 6.98. The third-order valence-electron chi connectivity index (χ3n) is 7.19. The van der Waals surface area contributed by atoms with E-state index >= 15 is 0 Å². The highest BCUT2D eigenvalue weighted by Gasteiger charge is 2.17. The van der Waals surface area contributed by atoms with E-state index in [1.807, 2.05) is 41.1 Å². The fourth-order valence-electron chi connectivity index (χ4n) is 5.09. The van der Waals surface area contributed by atoms with Crippen LogP contribution in [0.4, 0.5) is 0 Å². The predicted molar refractivity (Wildman–Crippen MR) is 160 cm³/mol. The number of pyridine rings is 1. The van der Waals surface area contributed by atoms with Crippen LogP contribution in [-0.4, -0.2) is 85.6 Å². The molecule has 0 bridgehead atoms. The molecule has 6 rings (SSSR count). The van der Waals surface area contributed by atoms with Crippen LogP contribution in [0.1, 0.15) is 5.56 Å². The lowest BCUT2D eigenvalue weighted by molar-refractivity contribution is 0.00206. The number of nitrogens with zero attached hydrogens (tertiary/aromatic N) is 4. The van der Waals surface area contributed by atoms with Gasteiger partial charge in [-0.3, -0.25) is 4.90 Å². The van der Waals surface area contributed by atoms with Gasteiger partial charge in [-0.2, -0.15) is 5.10 Å². The molecule has 0 amide bonds. The lowest BCUT2D eigenvalue weighted by atomic mass is 10.1. The minimum atomic E-state index is 0.581. The minimum Gasteiger partial charge on any atom is -0.378 e. The molecule has 0 aliphatic carbocycles. The summed E-state index contributed by atoms with van der Waals surface area (Å²) in [4.78, 5) is 7.48. The lowest BCUT2D eigenvalue weighted by Gasteiger charge is -2.22. The first-order valence-corrected chi connectivity index (χ1v) is 14.3. The fourth-order valence-corrected chi connectivity index (χ4v) is 5.09. The van der Waals surface area contributed by atoms with Gasteiger partial charge in [0.2, 0.25) is 0 Å². The molecule has 8 nitrogen and oxygen atoms in total. The van der Waals surface area contributed by atoms with Gasteiger partial charge in [-0.15, -0.1) is 0 Å². The zero-order valence-corrected chi connectivity index (χ0v) is 23.3. The minimum absolute atomic E-state index is 0.581. The Labute approximate surface area is 240 Å². The third-order valence-corrected chi connectivity index (χ3v) is 7.19. The number of para-hydroxylation sites is 1. The summed E-state index contributed by atoms with van der Waals surface area (Å²) in [5.41, 5.74) is 6.01.